The standard InChI is InChI=1S/C22H24N2O2/c1-22(12-5-4-6-20(22)25)17-8-9-18(23-21(17)26-3)15-7-10-19-16(14-15)11-13-24(19)2/h7-11,13-14H,4-6,12H2,1-3H3/t22-/m1/s1. The van der Waals surface area contributed by atoms with Gasteiger partial charge in [-0.1, -0.05) is 18.6 Å². The van der Waals surface area contributed by atoms with Crippen LogP contribution in [0, 0.1) is 0 Å². The Balaban J connectivity index is 1.78. The number of hydrogen-bond donors (Lipinski definition) is 0. The predicted octanol–water partition coefficient (Wildman–Crippen LogP) is 4.65. The summed E-state index contributed by atoms with van der Waals surface area (Å²) in [6, 6.07) is 12.5. The quantitative estimate of drug-likeness (QED) is 0.692. The molecule has 0 bridgehead atoms. The fraction of sp³-hybridized carbons (Fsp3) is 0.364. The molecular formula is C22H24N2O2. The summed E-state index contributed by atoms with van der Waals surface area (Å²) in [5.74, 6) is 0.857. The van der Waals surface area contributed by atoms with Crippen LogP contribution in [0.2, 0.25) is 0 Å². The monoisotopic (exact) mass is 348 g/mol. The number of ketones is 1. The summed E-state index contributed by atoms with van der Waals surface area (Å²) < 4.78 is 7.70. The normalized spacial score (nSPS) is 20.5. The zero-order valence-corrected chi connectivity index (χ0v) is 15.6. The smallest absolute Gasteiger partial charge is 0.217 e. The van der Waals surface area contributed by atoms with Crippen LogP contribution < -0.4 is 4.74 Å². The fourth-order valence-electron chi connectivity index (χ4n) is 4.08. The molecule has 0 unspecified atom stereocenters. The molecule has 3 aromatic rings. The molecule has 1 aromatic carbocycles. The van der Waals surface area contributed by atoms with Crippen LogP contribution in [0.3, 0.4) is 0 Å². The van der Waals surface area contributed by atoms with E-state index in [0.29, 0.717) is 18.1 Å². The molecule has 1 saturated carbocycles. The van der Waals surface area contributed by atoms with Gasteiger partial charge >= 0.3 is 0 Å². The van der Waals surface area contributed by atoms with Crippen molar-refractivity contribution < 1.29 is 9.53 Å². The molecule has 0 aliphatic heterocycles. The number of fused-ring (bicyclic) bond motifs is 1. The van der Waals surface area contributed by atoms with Gasteiger partial charge in [0.15, 0.2) is 0 Å². The maximum atomic E-state index is 12.6. The van der Waals surface area contributed by atoms with Gasteiger partial charge in [-0.2, -0.15) is 0 Å². The van der Waals surface area contributed by atoms with Crippen LogP contribution in [0.5, 0.6) is 5.88 Å². The molecule has 1 aliphatic rings. The van der Waals surface area contributed by atoms with Gasteiger partial charge in [0.25, 0.3) is 0 Å². The van der Waals surface area contributed by atoms with Crippen LogP contribution in [0.1, 0.15) is 38.2 Å². The van der Waals surface area contributed by atoms with Crippen molar-refractivity contribution in [1.82, 2.24) is 9.55 Å². The minimum atomic E-state index is -0.488. The number of methoxy groups -OCH3 is 1. The number of benzene rings is 1. The third-order valence-corrected chi connectivity index (χ3v) is 5.78. The van der Waals surface area contributed by atoms with E-state index in [9.17, 15) is 4.79 Å². The van der Waals surface area contributed by atoms with Gasteiger partial charge in [0, 0.05) is 41.7 Å². The lowest BCUT2D eigenvalue weighted by Crippen LogP contribution is -2.36. The van der Waals surface area contributed by atoms with Crippen LogP contribution in [-0.4, -0.2) is 22.4 Å². The van der Waals surface area contributed by atoms with Gasteiger partial charge in [-0.15, -0.1) is 0 Å². The fourth-order valence-corrected chi connectivity index (χ4v) is 4.08. The maximum Gasteiger partial charge on any atom is 0.217 e. The van der Waals surface area contributed by atoms with Crippen molar-refractivity contribution in [3.8, 4) is 17.1 Å². The first-order valence-electron chi connectivity index (χ1n) is 9.17. The lowest BCUT2D eigenvalue weighted by Gasteiger charge is -2.33. The van der Waals surface area contributed by atoms with Gasteiger partial charge in [-0.05, 0) is 44.0 Å². The molecule has 0 saturated heterocycles. The van der Waals surface area contributed by atoms with E-state index in [0.717, 1.165) is 36.1 Å². The molecular weight excluding hydrogens is 324 g/mol. The van der Waals surface area contributed by atoms with Gasteiger partial charge in [-0.3, -0.25) is 4.79 Å². The first kappa shape index (κ1) is 16.8. The van der Waals surface area contributed by atoms with Crippen molar-refractivity contribution >= 4 is 16.7 Å². The number of pyridine rings is 1. The van der Waals surface area contributed by atoms with Crippen molar-refractivity contribution in [2.24, 2.45) is 7.05 Å². The van der Waals surface area contributed by atoms with E-state index >= 15 is 0 Å². The van der Waals surface area contributed by atoms with Crippen LogP contribution in [0.15, 0.2) is 42.6 Å². The zero-order chi connectivity index (χ0) is 18.3. The van der Waals surface area contributed by atoms with E-state index in [1.54, 1.807) is 7.11 Å². The molecule has 0 N–H and O–H groups in total. The topological polar surface area (TPSA) is 44.1 Å². The highest BCUT2D eigenvalue weighted by Gasteiger charge is 2.39. The Labute approximate surface area is 153 Å². The molecule has 134 valence electrons. The van der Waals surface area contributed by atoms with Crippen LogP contribution >= 0.6 is 0 Å². The number of carbonyl (C=O) groups is 1. The Morgan fingerprint density at radius 2 is 2.00 bits per heavy atom. The number of carbonyl (C=O) groups excluding carboxylic acids is 1. The van der Waals surface area contributed by atoms with Crippen LogP contribution in [0.25, 0.3) is 22.2 Å². The summed E-state index contributed by atoms with van der Waals surface area (Å²) in [6.07, 6.45) is 5.61. The molecule has 2 heterocycles. The van der Waals surface area contributed by atoms with E-state index in [-0.39, 0.29) is 0 Å². The molecule has 26 heavy (non-hydrogen) atoms. The average molecular weight is 348 g/mol. The Morgan fingerprint density at radius 3 is 2.77 bits per heavy atom. The highest BCUT2D eigenvalue weighted by atomic mass is 16.5. The second-order valence-electron chi connectivity index (χ2n) is 7.42. The number of aryl methyl sites for hydroxylation is 1. The van der Waals surface area contributed by atoms with Gasteiger partial charge in [-0.25, -0.2) is 4.98 Å². The summed E-state index contributed by atoms with van der Waals surface area (Å²) in [5.41, 5.74) is 3.53. The van der Waals surface area contributed by atoms with Gasteiger partial charge in [0.05, 0.1) is 18.2 Å². The molecule has 0 spiro atoms. The molecule has 2 aromatic heterocycles. The zero-order valence-electron chi connectivity index (χ0n) is 15.6. The molecule has 4 rings (SSSR count). The number of nitrogens with zero attached hydrogens (tertiary/aromatic N) is 2. The summed E-state index contributed by atoms with van der Waals surface area (Å²) in [5, 5.41) is 1.18. The highest BCUT2D eigenvalue weighted by Crippen LogP contribution is 2.41. The lowest BCUT2D eigenvalue weighted by molar-refractivity contribution is -0.126. The molecule has 4 heteroatoms. The lowest BCUT2D eigenvalue weighted by atomic mass is 9.70. The van der Waals surface area contributed by atoms with E-state index in [1.807, 2.05) is 26.1 Å². The second kappa shape index (κ2) is 6.27. The molecule has 4 nitrogen and oxygen atoms in total. The molecule has 1 atom stereocenters. The van der Waals surface area contributed by atoms with Gasteiger partial charge in [0.2, 0.25) is 5.88 Å². The van der Waals surface area contributed by atoms with E-state index in [4.69, 9.17) is 9.72 Å². The second-order valence-corrected chi connectivity index (χ2v) is 7.42. The van der Waals surface area contributed by atoms with Crippen molar-refractivity contribution in [2.45, 2.75) is 38.0 Å². The SMILES string of the molecule is COc1nc(-c2ccc3c(ccn3C)c2)ccc1[C@@]1(C)CCCCC1=O. The Hall–Kier alpha value is -2.62. The summed E-state index contributed by atoms with van der Waals surface area (Å²) >= 11 is 0. The minimum Gasteiger partial charge on any atom is -0.481 e. The molecule has 1 fully saturated rings. The third-order valence-electron chi connectivity index (χ3n) is 5.78. The van der Waals surface area contributed by atoms with Crippen LogP contribution in [-0.2, 0) is 17.3 Å². The largest absolute Gasteiger partial charge is 0.481 e. The van der Waals surface area contributed by atoms with Crippen molar-refractivity contribution in [3.63, 3.8) is 0 Å². The minimum absolute atomic E-state index is 0.294. The van der Waals surface area contributed by atoms with E-state index < -0.39 is 5.41 Å². The number of Topliss-reactive ketones (excluding diaryl/α,β-unsaturated/α-hetero) is 1. The van der Waals surface area contributed by atoms with Crippen molar-refractivity contribution in [1.29, 1.82) is 0 Å². The van der Waals surface area contributed by atoms with Crippen molar-refractivity contribution in [2.75, 3.05) is 7.11 Å². The Kier molecular flexibility index (Phi) is 4.06. The summed E-state index contributed by atoms with van der Waals surface area (Å²) in [4.78, 5) is 17.4. The van der Waals surface area contributed by atoms with E-state index in [2.05, 4.69) is 35.0 Å². The maximum absolute atomic E-state index is 12.6. The summed E-state index contributed by atoms with van der Waals surface area (Å²) in [7, 11) is 3.67. The van der Waals surface area contributed by atoms with Crippen molar-refractivity contribution in [3.05, 3.63) is 48.2 Å². The third kappa shape index (κ3) is 2.61. The first-order valence-corrected chi connectivity index (χ1v) is 9.17. The molecule has 0 radical (unpaired) electrons. The average Bonchev–Trinajstić information content (AvgIpc) is 3.04. The Morgan fingerprint density at radius 1 is 1.15 bits per heavy atom. The molecule has 0 amide bonds. The predicted molar refractivity (Wildman–Crippen MR) is 104 cm³/mol. The van der Waals surface area contributed by atoms with Gasteiger partial charge in [0.1, 0.15) is 5.78 Å². The highest BCUT2D eigenvalue weighted by molar-refractivity contribution is 5.91. The van der Waals surface area contributed by atoms with Gasteiger partial charge < -0.3 is 9.30 Å². The number of ether oxygens (including phenoxy) is 1. The van der Waals surface area contributed by atoms with Crippen LogP contribution in [0.4, 0.5) is 0 Å². The molecule has 1 aliphatic carbocycles. The van der Waals surface area contributed by atoms with E-state index in [1.165, 1.54) is 10.9 Å². The number of hydrogen-bond acceptors (Lipinski definition) is 3. The first-order chi connectivity index (χ1) is 12.5. The summed E-state index contributed by atoms with van der Waals surface area (Å²) in [6.45, 7) is 2.03. The number of rotatable bonds is 3. The number of aromatic nitrogens is 2. The Bertz CT molecular complexity index is 989.